The average Bonchev–Trinajstić information content (AvgIpc) is 3.07. The van der Waals surface area contributed by atoms with Crippen molar-refractivity contribution in [2.45, 2.75) is 31.7 Å². The van der Waals surface area contributed by atoms with Gasteiger partial charge < -0.3 is 15.0 Å². The van der Waals surface area contributed by atoms with Gasteiger partial charge in [0.25, 0.3) is 5.69 Å². The van der Waals surface area contributed by atoms with Crippen molar-refractivity contribution in [1.82, 2.24) is 0 Å². The number of carbonyl (C=O) groups excluding carboxylic acids is 2. The Kier molecular flexibility index (Phi) is 6.48. The van der Waals surface area contributed by atoms with Crippen molar-refractivity contribution >= 4 is 28.8 Å². The molecule has 1 aliphatic heterocycles. The second-order valence-electron chi connectivity index (χ2n) is 9.21. The highest BCUT2D eigenvalue weighted by Crippen LogP contribution is 2.48. The number of nitro groups is 1. The fraction of sp³-hybridized carbons (Fsp3) is 0.241. The number of methoxy groups -OCH3 is 1. The Labute approximate surface area is 214 Å². The highest BCUT2D eigenvalue weighted by Gasteiger charge is 2.44. The van der Waals surface area contributed by atoms with E-state index in [1.54, 1.807) is 24.1 Å². The number of benzene rings is 3. The van der Waals surface area contributed by atoms with Gasteiger partial charge in [0.05, 0.1) is 35.4 Å². The number of carbonyl (C=O) groups is 2. The van der Waals surface area contributed by atoms with Gasteiger partial charge in [-0.3, -0.25) is 19.7 Å². The molecule has 0 radical (unpaired) electrons. The van der Waals surface area contributed by atoms with Crippen LogP contribution < -0.4 is 15.0 Å². The molecule has 1 aliphatic carbocycles. The first-order valence-corrected chi connectivity index (χ1v) is 12.2. The number of nitrogens with zero attached hydrogens (tertiary/aromatic N) is 2. The van der Waals surface area contributed by atoms with Crippen LogP contribution in [-0.4, -0.2) is 23.7 Å². The number of fused-ring (bicyclic) bond motifs is 2. The zero-order chi connectivity index (χ0) is 26.1. The summed E-state index contributed by atoms with van der Waals surface area (Å²) < 4.78 is 5.33. The molecule has 5 rings (SSSR count). The zero-order valence-corrected chi connectivity index (χ0v) is 20.6. The van der Waals surface area contributed by atoms with Crippen molar-refractivity contribution in [2.75, 3.05) is 17.3 Å². The summed E-state index contributed by atoms with van der Waals surface area (Å²) in [5, 5.41) is 14.8. The summed E-state index contributed by atoms with van der Waals surface area (Å²) in [6.07, 6.45) is 2.43. The summed E-state index contributed by atoms with van der Waals surface area (Å²) in [5.74, 6) is -0.413. The monoisotopic (exact) mass is 497 g/mol. The number of nitro benzene ring substituents is 1. The van der Waals surface area contributed by atoms with Gasteiger partial charge in [0, 0.05) is 36.6 Å². The number of hydrogen-bond donors (Lipinski definition) is 1. The third-order valence-corrected chi connectivity index (χ3v) is 7.06. The Morgan fingerprint density at radius 3 is 2.54 bits per heavy atom. The van der Waals surface area contributed by atoms with Gasteiger partial charge in [-0.25, -0.2) is 0 Å². The van der Waals surface area contributed by atoms with Gasteiger partial charge in [0.2, 0.25) is 5.91 Å². The first-order chi connectivity index (χ1) is 17.9. The van der Waals surface area contributed by atoms with Crippen molar-refractivity contribution < 1.29 is 19.2 Å². The van der Waals surface area contributed by atoms with Gasteiger partial charge in [-0.05, 0) is 35.4 Å². The number of rotatable bonds is 5. The Balaban J connectivity index is 1.69. The van der Waals surface area contributed by atoms with E-state index in [1.165, 1.54) is 12.1 Å². The number of para-hydroxylation sites is 2. The van der Waals surface area contributed by atoms with E-state index in [0.717, 1.165) is 11.3 Å². The first kappa shape index (κ1) is 24.2. The standard InChI is InChI=1S/C29H27N3O5/c1-3-27(34)31-25-10-5-4-9-23(25)30-24-16-20(19-7-6-8-21(15-19)32(35)36)17-26(33)28(24)29(31)18-11-13-22(37-2)14-12-18/h4-16,20,28-30H,3,17H2,1-2H3. The zero-order valence-electron chi connectivity index (χ0n) is 20.6. The van der Waals surface area contributed by atoms with Crippen molar-refractivity contribution in [2.24, 2.45) is 5.92 Å². The molecular formula is C29H27N3O5. The normalized spacial score (nSPS) is 20.6. The lowest BCUT2D eigenvalue weighted by atomic mass is 9.76. The van der Waals surface area contributed by atoms with E-state index in [-0.39, 0.29) is 36.1 Å². The van der Waals surface area contributed by atoms with E-state index >= 15 is 0 Å². The summed E-state index contributed by atoms with van der Waals surface area (Å²) >= 11 is 0. The molecule has 3 unspecified atom stereocenters. The quantitative estimate of drug-likeness (QED) is 0.355. The van der Waals surface area contributed by atoms with Crippen molar-refractivity contribution in [1.29, 1.82) is 0 Å². The molecule has 3 aromatic rings. The molecule has 3 aromatic carbocycles. The van der Waals surface area contributed by atoms with Crippen molar-refractivity contribution in [3.63, 3.8) is 0 Å². The Bertz CT molecular complexity index is 1400. The lowest BCUT2D eigenvalue weighted by Crippen LogP contribution is -2.42. The fourth-order valence-electron chi connectivity index (χ4n) is 5.29. The molecule has 1 N–H and O–H groups in total. The average molecular weight is 498 g/mol. The van der Waals surface area contributed by atoms with E-state index < -0.39 is 16.9 Å². The number of hydrogen-bond acceptors (Lipinski definition) is 6. The number of ether oxygens (including phenoxy) is 1. The predicted octanol–water partition coefficient (Wildman–Crippen LogP) is 5.77. The third kappa shape index (κ3) is 4.46. The molecule has 8 nitrogen and oxygen atoms in total. The van der Waals surface area contributed by atoms with Crippen LogP contribution in [0.25, 0.3) is 0 Å². The summed E-state index contributed by atoms with van der Waals surface area (Å²) in [5.41, 5.74) is 3.62. The molecule has 0 bridgehead atoms. The second kappa shape index (κ2) is 9.89. The van der Waals surface area contributed by atoms with Crippen LogP contribution in [0.1, 0.15) is 42.9 Å². The van der Waals surface area contributed by atoms with Gasteiger partial charge in [-0.15, -0.1) is 0 Å². The van der Waals surface area contributed by atoms with Gasteiger partial charge in [-0.1, -0.05) is 49.4 Å². The minimum absolute atomic E-state index is 0.0135. The van der Waals surface area contributed by atoms with Gasteiger partial charge >= 0.3 is 0 Å². The van der Waals surface area contributed by atoms with Crippen LogP contribution in [0, 0.1) is 16.0 Å². The van der Waals surface area contributed by atoms with Gasteiger partial charge in [-0.2, -0.15) is 0 Å². The summed E-state index contributed by atoms with van der Waals surface area (Å²) in [6, 6.07) is 20.8. The molecule has 1 amide bonds. The number of allylic oxidation sites excluding steroid dienone is 1. The van der Waals surface area contributed by atoms with Crippen LogP contribution in [0.4, 0.5) is 17.1 Å². The summed E-state index contributed by atoms with van der Waals surface area (Å²) in [7, 11) is 1.59. The van der Waals surface area contributed by atoms with Crippen LogP contribution in [0.3, 0.4) is 0 Å². The molecular weight excluding hydrogens is 470 g/mol. The van der Waals surface area contributed by atoms with Gasteiger partial charge in [0.15, 0.2) is 0 Å². The molecule has 8 heteroatoms. The Hall–Kier alpha value is -4.46. The number of amides is 1. The van der Waals surface area contributed by atoms with E-state index in [1.807, 2.05) is 61.5 Å². The second-order valence-corrected chi connectivity index (χ2v) is 9.21. The molecule has 0 aromatic heterocycles. The molecule has 188 valence electrons. The first-order valence-electron chi connectivity index (χ1n) is 12.2. The molecule has 3 atom stereocenters. The van der Waals surface area contributed by atoms with Crippen LogP contribution in [0.5, 0.6) is 5.75 Å². The SMILES string of the molecule is CCC(=O)N1c2ccccc2NC2=CC(c3cccc([N+](=O)[O-])c3)CC(=O)C2C1c1ccc(OC)cc1. The lowest BCUT2D eigenvalue weighted by molar-refractivity contribution is -0.384. The molecule has 0 saturated heterocycles. The molecule has 37 heavy (non-hydrogen) atoms. The van der Waals surface area contributed by atoms with E-state index in [9.17, 15) is 19.7 Å². The van der Waals surface area contributed by atoms with Crippen LogP contribution in [-0.2, 0) is 9.59 Å². The minimum Gasteiger partial charge on any atom is -0.497 e. The maximum Gasteiger partial charge on any atom is 0.269 e. The molecule has 0 fully saturated rings. The number of ketones is 1. The topological polar surface area (TPSA) is 102 Å². The number of Topliss-reactive ketones (excluding diaryl/α,β-unsaturated/α-hetero) is 1. The molecule has 0 spiro atoms. The van der Waals surface area contributed by atoms with Crippen LogP contribution in [0.15, 0.2) is 84.6 Å². The third-order valence-electron chi connectivity index (χ3n) is 7.06. The van der Waals surface area contributed by atoms with Crippen molar-refractivity contribution in [3.05, 3.63) is 106 Å². The lowest BCUT2D eigenvalue weighted by Gasteiger charge is -2.37. The van der Waals surface area contributed by atoms with E-state index in [4.69, 9.17) is 4.74 Å². The maximum absolute atomic E-state index is 13.9. The predicted molar refractivity (Wildman–Crippen MR) is 141 cm³/mol. The van der Waals surface area contributed by atoms with Crippen molar-refractivity contribution in [3.8, 4) is 5.75 Å². The molecule has 0 saturated carbocycles. The number of anilines is 2. The maximum atomic E-state index is 13.9. The Morgan fingerprint density at radius 2 is 1.84 bits per heavy atom. The van der Waals surface area contributed by atoms with E-state index in [2.05, 4.69) is 5.32 Å². The minimum atomic E-state index is -0.633. The number of nitrogens with one attached hydrogen (secondary N) is 1. The van der Waals surface area contributed by atoms with E-state index in [0.29, 0.717) is 22.7 Å². The number of non-ortho nitro benzene ring substituents is 1. The molecule has 2 aliphatic rings. The Morgan fingerprint density at radius 1 is 1.08 bits per heavy atom. The largest absolute Gasteiger partial charge is 0.497 e. The summed E-state index contributed by atoms with van der Waals surface area (Å²) in [4.78, 5) is 40.0. The highest BCUT2D eigenvalue weighted by molar-refractivity contribution is 6.01. The smallest absolute Gasteiger partial charge is 0.269 e. The fourth-order valence-corrected chi connectivity index (χ4v) is 5.29. The van der Waals surface area contributed by atoms with Crippen LogP contribution >= 0.6 is 0 Å². The highest BCUT2D eigenvalue weighted by atomic mass is 16.6. The van der Waals surface area contributed by atoms with Gasteiger partial charge in [0.1, 0.15) is 11.5 Å². The van der Waals surface area contributed by atoms with Crippen LogP contribution in [0.2, 0.25) is 0 Å². The molecule has 1 heterocycles. The summed E-state index contributed by atoms with van der Waals surface area (Å²) in [6.45, 7) is 1.81.